The minimum Gasteiger partial charge on any atom is -0.480 e. The van der Waals surface area contributed by atoms with Crippen LogP contribution in [0.5, 0.6) is 0 Å². The molecule has 3 N–H and O–H groups in total. The smallest absolute Gasteiger partial charge is 0.408 e. The molecule has 0 spiro atoms. The number of carboxylic acid groups (broad SMARTS) is 1. The van der Waals surface area contributed by atoms with Gasteiger partial charge in [-0.15, -0.1) is 0 Å². The zero-order chi connectivity index (χ0) is 48.2. The van der Waals surface area contributed by atoms with E-state index < -0.39 is 83.9 Å². The molecule has 2 aliphatic heterocycles. The standard InChI is InChI=1S/C50H53Cl2F3N4O8/c1-3-67-47(64)42-39(45(61)59(42)49(66)57-43(50(53,54)55)33-12-5-4-6-13-33)23-17-30-24-34(27-36(52)26-30)31-18-20-32(21-19-31)40(37-15-8-7-10-28(37)2)56-48(65)58-41(46(62)63)38(44(58)60)22-16-29-11-9-14-35(51)25-29/h7-9,11,14-15,18-21,24-28,33,38-43H,3-6,10,12-13,16-17,22-23H2,1-2H3,(H,56,65)(H,57,66)(H,62,63)/t28?,38-,39-,40?,41+,42+,43+/m1/s1. The Hall–Kier alpha value is -5.67. The summed E-state index contributed by atoms with van der Waals surface area (Å²) in [6, 6.07) is 12.0. The third kappa shape index (κ3) is 11.0. The summed E-state index contributed by atoms with van der Waals surface area (Å²) < 4.78 is 47.7. The van der Waals surface area contributed by atoms with Crippen molar-refractivity contribution in [3.63, 3.8) is 0 Å². The fourth-order valence-corrected chi connectivity index (χ4v) is 10.4. The van der Waals surface area contributed by atoms with Gasteiger partial charge in [-0.3, -0.25) is 9.59 Å². The first-order valence-corrected chi connectivity index (χ1v) is 23.5. The number of halogens is 5. The lowest BCUT2D eigenvalue weighted by Crippen LogP contribution is -2.70. The predicted octanol–water partition coefficient (Wildman–Crippen LogP) is 10.0. The Kier molecular flexibility index (Phi) is 15.5. The highest BCUT2D eigenvalue weighted by atomic mass is 35.5. The average molecular weight is 966 g/mol. The number of carboxylic acids is 1. The summed E-state index contributed by atoms with van der Waals surface area (Å²) in [6.07, 6.45) is 5.26. The number of carbonyl (C=O) groups is 6. The van der Waals surface area contributed by atoms with E-state index >= 15 is 0 Å². The lowest BCUT2D eigenvalue weighted by Gasteiger charge is -2.44. The van der Waals surface area contributed by atoms with Gasteiger partial charge in [0.1, 0.15) is 6.04 Å². The quantitative estimate of drug-likeness (QED) is 0.100. The zero-order valence-corrected chi connectivity index (χ0v) is 38.6. The Labute approximate surface area is 396 Å². The average Bonchev–Trinajstić information content (AvgIpc) is 3.28. The summed E-state index contributed by atoms with van der Waals surface area (Å²) in [4.78, 5) is 81.0. The third-order valence-corrected chi connectivity index (χ3v) is 13.8. The number of aryl methyl sites for hydroxylation is 2. The highest BCUT2D eigenvalue weighted by Gasteiger charge is 2.57. The van der Waals surface area contributed by atoms with Crippen molar-refractivity contribution in [2.75, 3.05) is 6.61 Å². The van der Waals surface area contributed by atoms with Crippen LogP contribution in [0, 0.1) is 23.7 Å². The van der Waals surface area contributed by atoms with Gasteiger partial charge in [-0.2, -0.15) is 13.2 Å². The summed E-state index contributed by atoms with van der Waals surface area (Å²) in [7, 11) is 0. The Balaban J connectivity index is 1.05. The number of allylic oxidation sites excluding steroid dienone is 3. The number of nitrogens with zero attached hydrogens (tertiary/aromatic N) is 2. The van der Waals surface area contributed by atoms with E-state index in [4.69, 9.17) is 27.9 Å². The first-order valence-electron chi connectivity index (χ1n) is 22.7. The van der Waals surface area contributed by atoms with Crippen LogP contribution in [0.1, 0.15) is 87.9 Å². The first-order chi connectivity index (χ1) is 32.0. The van der Waals surface area contributed by atoms with E-state index in [1.165, 1.54) is 0 Å². The van der Waals surface area contributed by atoms with Crippen LogP contribution in [0.4, 0.5) is 22.8 Å². The Morgan fingerprint density at radius 1 is 0.806 bits per heavy atom. The van der Waals surface area contributed by atoms with Gasteiger partial charge in [-0.1, -0.05) is 110 Å². The first kappa shape index (κ1) is 49.2. The maximum Gasteiger partial charge on any atom is 0.408 e. The summed E-state index contributed by atoms with van der Waals surface area (Å²) in [5.74, 6) is -6.26. The maximum absolute atomic E-state index is 14.2. The number of carbonyl (C=O) groups excluding carboxylic acids is 5. The molecule has 3 fully saturated rings. The predicted molar refractivity (Wildman–Crippen MR) is 245 cm³/mol. The summed E-state index contributed by atoms with van der Waals surface area (Å²) in [5, 5.41) is 16.0. The number of rotatable bonds is 15. The van der Waals surface area contributed by atoms with Gasteiger partial charge in [0, 0.05) is 10.0 Å². The number of nitrogens with one attached hydrogen (secondary N) is 2. The molecule has 356 valence electrons. The number of imide groups is 2. The number of amides is 6. The van der Waals surface area contributed by atoms with Crippen molar-refractivity contribution in [2.45, 2.75) is 108 Å². The van der Waals surface area contributed by atoms with Gasteiger partial charge in [0.05, 0.1) is 24.5 Å². The lowest BCUT2D eigenvalue weighted by molar-refractivity contribution is -0.174. The summed E-state index contributed by atoms with van der Waals surface area (Å²) >= 11 is 12.7. The molecule has 2 aliphatic carbocycles. The summed E-state index contributed by atoms with van der Waals surface area (Å²) in [6.45, 7) is 3.50. The molecule has 0 aromatic heterocycles. The Morgan fingerprint density at radius 2 is 1.43 bits per heavy atom. The van der Waals surface area contributed by atoms with Crippen molar-refractivity contribution in [3.8, 4) is 11.1 Å². The number of β-lactam (4-membered cyclic amide) rings is 2. The van der Waals surface area contributed by atoms with E-state index in [1.807, 2.05) is 66.9 Å². The van der Waals surface area contributed by atoms with Crippen molar-refractivity contribution in [2.24, 2.45) is 23.7 Å². The Bertz CT molecular complexity index is 2440. The second-order valence-corrected chi connectivity index (χ2v) is 18.6. The second-order valence-electron chi connectivity index (χ2n) is 17.8. The largest absolute Gasteiger partial charge is 0.480 e. The number of ether oxygens (including phenoxy) is 1. The number of hydrogen-bond acceptors (Lipinski definition) is 7. The van der Waals surface area contributed by atoms with E-state index in [9.17, 15) is 47.0 Å². The molecule has 3 aromatic rings. The molecule has 0 radical (unpaired) electrons. The summed E-state index contributed by atoms with van der Waals surface area (Å²) in [5.41, 5.74) is 4.50. The van der Waals surface area contributed by atoms with Crippen LogP contribution >= 0.6 is 23.2 Å². The third-order valence-electron chi connectivity index (χ3n) is 13.4. The van der Waals surface area contributed by atoms with Crippen LogP contribution in [-0.2, 0) is 36.8 Å². The Morgan fingerprint density at radius 3 is 2.06 bits per heavy atom. The monoisotopic (exact) mass is 964 g/mol. The fourth-order valence-electron chi connectivity index (χ4n) is 9.89. The molecule has 7 rings (SSSR count). The number of aliphatic carboxylic acids is 1. The molecule has 0 bridgehead atoms. The van der Waals surface area contributed by atoms with Crippen molar-refractivity contribution < 1.29 is 51.8 Å². The molecule has 6 amide bonds. The number of likely N-dealkylation sites (tertiary alicyclic amines) is 2. The van der Waals surface area contributed by atoms with Crippen molar-refractivity contribution in [1.29, 1.82) is 0 Å². The van der Waals surface area contributed by atoms with Crippen LogP contribution in [-0.4, -0.2) is 81.6 Å². The molecule has 17 heteroatoms. The molecule has 7 atom stereocenters. The molecule has 2 unspecified atom stereocenters. The molecular weight excluding hydrogens is 912 g/mol. The number of benzene rings is 3. The zero-order valence-electron chi connectivity index (χ0n) is 37.1. The van der Waals surface area contributed by atoms with Gasteiger partial charge in [-0.25, -0.2) is 29.0 Å². The van der Waals surface area contributed by atoms with Gasteiger partial charge in [0.2, 0.25) is 11.8 Å². The van der Waals surface area contributed by atoms with Gasteiger partial charge in [0.15, 0.2) is 12.1 Å². The van der Waals surface area contributed by atoms with Crippen molar-refractivity contribution in [1.82, 2.24) is 20.4 Å². The minimum absolute atomic E-state index is 0.00377. The van der Waals surface area contributed by atoms with Crippen molar-refractivity contribution >= 4 is 59.0 Å². The second kappa shape index (κ2) is 21.1. The van der Waals surface area contributed by atoms with E-state index in [-0.39, 0.29) is 44.6 Å². The van der Waals surface area contributed by atoms with Crippen LogP contribution < -0.4 is 10.6 Å². The van der Waals surface area contributed by atoms with E-state index in [1.54, 1.807) is 37.3 Å². The van der Waals surface area contributed by atoms with Gasteiger partial charge in [0.25, 0.3) is 0 Å². The van der Waals surface area contributed by atoms with E-state index in [0.29, 0.717) is 57.3 Å². The van der Waals surface area contributed by atoms with Crippen LogP contribution in [0.15, 0.2) is 90.5 Å². The van der Waals surface area contributed by atoms with Crippen LogP contribution in [0.2, 0.25) is 10.0 Å². The van der Waals surface area contributed by atoms with Crippen LogP contribution in [0.25, 0.3) is 11.1 Å². The molecule has 4 aliphatic rings. The molecule has 1 saturated carbocycles. The highest BCUT2D eigenvalue weighted by molar-refractivity contribution is 6.31. The molecule has 67 heavy (non-hydrogen) atoms. The van der Waals surface area contributed by atoms with Crippen molar-refractivity contribution in [3.05, 3.63) is 117 Å². The number of alkyl halides is 3. The number of urea groups is 2. The molecule has 12 nitrogen and oxygen atoms in total. The van der Waals surface area contributed by atoms with Gasteiger partial charge >= 0.3 is 30.2 Å². The number of esters is 1. The lowest BCUT2D eigenvalue weighted by atomic mass is 9.82. The van der Waals surface area contributed by atoms with E-state index in [0.717, 1.165) is 28.0 Å². The van der Waals surface area contributed by atoms with Gasteiger partial charge in [-0.05, 0) is 121 Å². The minimum atomic E-state index is -4.75. The fraction of sp³-hybridized carbons (Fsp3) is 0.440. The van der Waals surface area contributed by atoms with Gasteiger partial charge < -0.3 is 20.5 Å². The molecular formula is C50H53Cl2F3N4O8. The molecule has 2 saturated heterocycles. The normalized spacial score (nSPS) is 22.8. The highest BCUT2D eigenvalue weighted by Crippen LogP contribution is 2.39. The SMILES string of the molecule is CCOC(=O)[C@@H]1[C@@H](CCc2cc(Cl)cc(-c3ccc(C(NC(=O)N4C(=O)[C@H](CCc5cccc(Cl)c5)[C@H]4C(=O)O)C4=CC=CCC4C)cc3)c2)C(=O)N1C(=O)N[C@@H](C1CCCCC1)C(F)(F)F. The number of hydrogen-bond donors (Lipinski definition) is 3. The van der Waals surface area contributed by atoms with Crippen LogP contribution in [0.3, 0.4) is 0 Å². The topological polar surface area (TPSA) is 162 Å². The molecule has 2 heterocycles. The molecule has 3 aromatic carbocycles. The van der Waals surface area contributed by atoms with E-state index in [2.05, 4.69) is 5.32 Å². The maximum atomic E-state index is 14.2.